The number of benzene rings is 3. The maximum atomic E-state index is 14.6. The molecule has 0 spiro atoms. The summed E-state index contributed by atoms with van der Waals surface area (Å²) in [5.74, 6) is -1.11. The Morgan fingerprint density at radius 2 is 1.57 bits per heavy atom. The highest BCUT2D eigenvalue weighted by Crippen LogP contribution is 2.26. The van der Waals surface area contributed by atoms with Gasteiger partial charge in [0.05, 0.1) is 6.42 Å². The van der Waals surface area contributed by atoms with E-state index < -0.39 is 11.9 Å². The number of nitrogens with zero attached hydrogens (tertiary/aromatic N) is 1. The van der Waals surface area contributed by atoms with Gasteiger partial charge in [0.15, 0.2) is 0 Å². The van der Waals surface area contributed by atoms with Gasteiger partial charge in [0.25, 0.3) is 0 Å². The summed E-state index contributed by atoms with van der Waals surface area (Å²) in [7, 11) is 0. The van der Waals surface area contributed by atoms with Gasteiger partial charge in [-0.2, -0.15) is 0 Å². The van der Waals surface area contributed by atoms with Crippen molar-refractivity contribution in [1.82, 2.24) is 10.2 Å². The fourth-order valence-corrected chi connectivity index (χ4v) is 4.29. The summed E-state index contributed by atoms with van der Waals surface area (Å²) in [6.07, 6.45) is 0.898. The van der Waals surface area contributed by atoms with Gasteiger partial charge in [-0.15, -0.1) is 0 Å². The van der Waals surface area contributed by atoms with Gasteiger partial charge >= 0.3 is 0 Å². The second-order valence-corrected chi connectivity index (χ2v) is 9.33. The molecule has 0 radical (unpaired) electrons. The van der Waals surface area contributed by atoms with Gasteiger partial charge in [-0.1, -0.05) is 84.7 Å². The second-order valence-electron chi connectivity index (χ2n) is 8.51. The van der Waals surface area contributed by atoms with Crippen molar-refractivity contribution in [2.45, 2.75) is 51.7 Å². The zero-order valence-electron chi connectivity index (χ0n) is 19.8. The SMILES string of the molecule is CC[C@H](C)NC(=O)[C@@H](Cc1ccccc1)N(Cc1ccccc1F)C(=O)Cc1c(Cl)cccc1Cl. The molecule has 3 rings (SSSR count). The lowest BCUT2D eigenvalue weighted by atomic mass is 10.0. The summed E-state index contributed by atoms with van der Waals surface area (Å²) < 4.78 is 14.6. The number of hydrogen-bond acceptors (Lipinski definition) is 2. The van der Waals surface area contributed by atoms with Gasteiger partial charge in [0.2, 0.25) is 11.8 Å². The molecular formula is C28H29Cl2FN2O2. The van der Waals surface area contributed by atoms with E-state index in [0.717, 1.165) is 12.0 Å². The molecule has 3 aromatic carbocycles. The smallest absolute Gasteiger partial charge is 0.243 e. The van der Waals surface area contributed by atoms with Crippen molar-refractivity contribution in [1.29, 1.82) is 0 Å². The maximum absolute atomic E-state index is 14.6. The Kier molecular flexibility index (Phi) is 9.70. The van der Waals surface area contributed by atoms with Crippen molar-refractivity contribution < 1.29 is 14.0 Å². The highest BCUT2D eigenvalue weighted by Gasteiger charge is 2.32. The first kappa shape index (κ1) is 26.7. The molecule has 0 heterocycles. The average molecular weight is 515 g/mol. The van der Waals surface area contributed by atoms with Crippen LogP contribution in [0.3, 0.4) is 0 Å². The first-order valence-corrected chi connectivity index (χ1v) is 12.4. The van der Waals surface area contributed by atoms with Crippen LogP contribution < -0.4 is 5.32 Å². The number of carbonyl (C=O) groups is 2. The third-order valence-electron chi connectivity index (χ3n) is 5.96. The second kappa shape index (κ2) is 12.7. The minimum atomic E-state index is -0.861. The Bertz CT molecular complexity index is 1140. The van der Waals surface area contributed by atoms with E-state index in [4.69, 9.17) is 23.2 Å². The molecule has 0 bridgehead atoms. The van der Waals surface area contributed by atoms with Crippen LogP contribution in [0.2, 0.25) is 10.0 Å². The van der Waals surface area contributed by atoms with Crippen LogP contribution in [0.4, 0.5) is 4.39 Å². The van der Waals surface area contributed by atoms with Crippen molar-refractivity contribution in [2.75, 3.05) is 0 Å². The predicted molar refractivity (Wildman–Crippen MR) is 139 cm³/mol. The van der Waals surface area contributed by atoms with Crippen LogP contribution >= 0.6 is 23.2 Å². The maximum Gasteiger partial charge on any atom is 0.243 e. The van der Waals surface area contributed by atoms with Gasteiger partial charge in [0, 0.05) is 34.6 Å². The van der Waals surface area contributed by atoms with Gasteiger partial charge < -0.3 is 10.2 Å². The molecule has 0 aliphatic carbocycles. The number of amides is 2. The summed E-state index contributed by atoms with van der Waals surface area (Å²) in [6.45, 7) is 3.81. The van der Waals surface area contributed by atoms with Crippen molar-refractivity contribution in [3.63, 3.8) is 0 Å². The Morgan fingerprint density at radius 3 is 2.20 bits per heavy atom. The molecule has 1 N–H and O–H groups in total. The molecule has 3 aromatic rings. The van der Waals surface area contributed by atoms with Gasteiger partial charge in [0.1, 0.15) is 11.9 Å². The van der Waals surface area contributed by atoms with Crippen LogP contribution in [0.15, 0.2) is 72.8 Å². The lowest BCUT2D eigenvalue weighted by Crippen LogP contribution is -2.52. The number of hydrogen-bond donors (Lipinski definition) is 1. The topological polar surface area (TPSA) is 49.4 Å². The van der Waals surface area contributed by atoms with Gasteiger partial charge in [-0.3, -0.25) is 9.59 Å². The number of carbonyl (C=O) groups excluding carboxylic acids is 2. The summed E-state index contributed by atoms with van der Waals surface area (Å²) in [4.78, 5) is 28.6. The minimum absolute atomic E-state index is 0.0704. The van der Waals surface area contributed by atoms with Crippen LogP contribution in [-0.2, 0) is 29.0 Å². The Morgan fingerprint density at radius 1 is 0.943 bits per heavy atom. The molecule has 184 valence electrons. The number of nitrogens with one attached hydrogen (secondary N) is 1. The van der Waals surface area contributed by atoms with E-state index in [1.54, 1.807) is 36.4 Å². The van der Waals surface area contributed by atoms with Crippen molar-refractivity contribution in [2.24, 2.45) is 0 Å². The molecule has 0 aliphatic heterocycles. The fourth-order valence-electron chi connectivity index (χ4n) is 3.76. The molecule has 0 aliphatic rings. The van der Waals surface area contributed by atoms with Crippen molar-refractivity contribution in [3.8, 4) is 0 Å². The summed E-state index contributed by atoms with van der Waals surface area (Å²) >= 11 is 12.7. The monoisotopic (exact) mass is 514 g/mol. The molecule has 0 saturated carbocycles. The first-order valence-electron chi connectivity index (χ1n) is 11.6. The van der Waals surface area contributed by atoms with E-state index in [-0.39, 0.29) is 37.2 Å². The van der Waals surface area contributed by atoms with Crippen LogP contribution in [-0.4, -0.2) is 28.8 Å². The Hall–Kier alpha value is -2.89. The summed E-state index contributed by atoms with van der Waals surface area (Å²) in [6, 6.07) is 19.8. The highest BCUT2D eigenvalue weighted by molar-refractivity contribution is 6.36. The zero-order chi connectivity index (χ0) is 25.4. The predicted octanol–water partition coefficient (Wildman–Crippen LogP) is 6.23. The van der Waals surface area contributed by atoms with Gasteiger partial charge in [-0.05, 0) is 42.7 Å². The van der Waals surface area contributed by atoms with E-state index in [0.29, 0.717) is 21.2 Å². The lowest BCUT2D eigenvalue weighted by Gasteiger charge is -2.32. The molecule has 35 heavy (non-hydrogen) atoms. The van der Waals surface area contributed by atoms with Crippen LogP contribution in [0.1, 0.15) is 37.0 Å². The number of rotatable bonds is 10. The lowest BCUT2D eigenvalue weighted by molar-refractivity contribution is -0.141. The number of halogens is 3. The molecule has 0 saturated heterocycles. The molecule has 4 nitrogen and oxygen atoms in total. The molecule has 2 atom stereocenters. The molecule has 2 amide bonds. The molecule has 0 aromatic heterocycles. The fraction of sp³-hybridized carbons (Fsp3) is 0.286. The van der Waals surface area contributed by atoms with Crippen molar-refractivity contribution >= 4 is 35.0 Å². The third kappa shape index (κ3) is 7.30. The van der Waals surface area contributed by atoms with E-state index in [1.165, 1.54) is 11.0 Å². The van der Waals surface area contributed by atoms with E-state index in [2.05, 4.69) is 5.32 Å². The van der Waals surface area contributed by atoms with E-state index in [9.17, 15) is 14.0 Å². The average Bonchev–Trinajstić information content (AvgIpc) is 2.85. The largest absolute Gasteiger partial charge is 0.352 e. The Labute approximate surface area is 216 Å². The Balaban J connectivity index is 2.02. The summed E-state index contributed by atoms with van der Waals surface area (Å²) in [5.41, 5.74) is 1.68. The zero-order valence-corrected chi connectivity index (χ0v) is 21.3. The third-order valence-corrected chi connectivity index (χ3v) is 6.67. The van der Waals surface area contributed by atoms with Gasteiger partial charge in [-0.25, -0.2) is 4.39 Å². The normalized spacial score (nSPS) is 12.6. The standard InChI is InChI=1S/C28H29Cl2FN2O2/c1-3-19(2)32-28(35)26(16-20-10-5-4-6-11-20)33(18-21-12-7-8-15-25(21)31)27(34)17-22-23(29)13-9-14-24(22)30/h4-15,19,26H,3,16-18H2,1-2H3,(H,32,35)/t19-,26+/m0/s1. The van der Waals surface area contributed by atoms with Crippen LogP contribution in [0.25, 0.3) is 0 Å². The first-order chi connectivity index (χ1) is 16.8. The van der Waals surface area contributed by atoms with E-state index in [1.807, 2.05) is 44.2 Å². The van der Waals surface area contributed by atoms with Crippen LogP contribution in [0, 0.1) is 5.82 Å². The molecule has 0 fully saturated rings. The van der Waals surface area contributed by atoms with Crippen molar-refractivity contribution in [3.05, 3.63) is 105 Å². The minimum Gasteiger partial charge on any atom is -0.352 e. The summed E-state index contributed by atoms with van der Waals surface area (Å²) in [5, 5.41) is 3.72. The molecule has 7 heteroatoms. The molecule has 0 unspecified atom stereocenters. The van der Waals surface area contributed by atoms with E-state index >= 15 is 0 Å². The quantitative estimate of drug-likeness (QED) is 0.348. The molecular weight excluding hydrogens is 486 g/mol. The highest BCUT2D eigenvalue weighted by atomic mass is 35.5. The van der Waals surface area contributed by atoms with Crippen LogP contribution in [0.5, 0.6) is 0 Å².